The third-order valence-electron chi connectivity index (χ3n) is 4.33. The second-order valence-electron chi connectivity index (χ2n) is 6.10. The minimum atomic E-state index is -3.60. The summed E-state index contributed by atoms with van der Waals surface area (Å²) in [6, 6.07) is 12.0. The predicted molar refractivity (Wildman–Crippen MR) is 97.1 cm³/mol. The molecular formula is C18H18ClFN2O3S. The van der Waals surface area contributed by atoms with Crippen molar-refractivity contribution in [3.8, 4) is 0 Å². The van der Waals surface area contributed by atoms with Gasteiger partial charge in [0.25, 0.3) is 5.91 Å². The molecule has 1 heterocycles. The Kier molecular flexibility index (Phi) is 5.60. The summed E-state index contributed by atoms with van der Waals surface area (Å²) < 4.78 is 41.3. The minimum Gasteiger partial charge on any atom is -0.338 e. The van der Waals surface area contributed by atoms with Crippen LogP contribution >= 0.6 is 11.6 Å². The molecule has 0 atom stereocenters. The first-order valence-electron chi connectivity index (χ1n) is 8.19. The van der Waals surface area contributed by atoms with Crippen LogP contribution in [0.4, 0.5) is 4.39 Å². The van der Waals surface area contributed by atoms with Crippen molar-refractivity contribution in [1.29, 1.82) is 0 Å². The third-order valence-corrected chi connectivity index (χ3v) is 6.19. The molecule has 0 aliphatic carbocycles. The Morgan fingerprint density at radius 1 is 1.08 bits per heavy atom. The average molecular weight is 397 g/mol. The number of sulfonamides is 1. The first kappa shape index (κ1) is 18.8. The van der Waals surface area contributed by atoms with E-state index in [1.165, 1.54) is 35.2 Å². The maximum Gasteiger partial charge on any atom is 0.258 e. The van der Waals surface area contributed by atoms with Crippen LogP contribution in [0.15, 0.2) is 53.4 Å². The van der Waals surface area contributed by atoms with Crippen LogP contribution in [0.5, 0.6) is 0 Å². The van der Waals surface area contributed by atoms with E-state index in [9.17, 15) is 17.6 Å². The molecule has 1 saturated heterocycles. The van der Waals surface area contributed by atoms with Crippen LogP contribution in [0, 0.1) is 5.82 Å². The SMILES string of the molecule is O=C(c1c(F)cccc1Cl)N1CCC(NS(=O)(=O)c2ccccc2)CC1. The van der Waals surface area contributed by atoms with Gasteiger partial charge in [0, 0.05) is 19.1 Å². The number of hydrogen-bond acceptors (Lipinski definition) is 3. The van der Waals surface area contributed by atoms with Gasteiger partial charge in [0.2, 0.25) is 10.0 Å². The van der Waals surface area contributed by atoms with Crippen LogP contribution in [0.25, 0.3) is 0 Å². The maximum atomic E-state index is 13.9. The van der Waals surface area contributed by atoms with Gasteiger partial charge < -0.3 is 4.90 Å². The summed E-state index contributed by atoms with van der Waals surface area (Å²) in [4.78, 5) is 14.2. The number of likely N-dealkylation sites (tertiary alicyclic amines) is 1. The normalized spacial score (nSPS) is 15.8. The van der Waals surface area contributed by atoms with Gasteiger partial charge in [-0.2, -0.15) is 0 Å². The van der Waals surface area contributed by atoms with Gasteiger partial charge in [-0.05, 0) is 37.1 Å². The van der Waals surface area contributed by atoms with Crippen molar-refractivity contribution in [2.24, 2.45) is 0 Å². The third kappa shape index (κ3) is 4.06. The molecule has 0 spiro atoms. The molecule has 1 aliphatic rings. The number of nitrogens with one attached hydrogen (secondary N) is 1. The quantitative estimate of drug-likeness (QED) is 0.863. The van der Waals surface area contributed by atoms with Gasteiger partial charge in [-0.3, -0.25) is 4.79 Å². The molecule has 1 amide bonds. The van der Waals surface area contributed by atoms with Crippen molar-refractivity contribution in [3.63, 3.8) is 0 Å². The van der Waals surface area contributed by atoms with Crippen molar-refractivity contribution in [3.05, 3.63) is 64.9 Å². The zero-order valence-electron chi connectivity index (χ0n) is 13.9. The molecule has 3 rings (SSSR count). The lowest BCUT2D eigenvalue weighted by molar-refractivity contribution is 0.0707. The molecule has 2 aromatic rings. The average Bonchev–Trinajstić information content (AvgIpc) is 2.62. The number of hydrogen-bond donors (Lipinski definition) is 1. The molecule has 8 heteroatoms. The Bertz CT molecular complexity index is 878. The molecule has 0 unspecified atom stereocenters. The molecule has 0 saturated carbocycles. The summed E-state index contributed by atoms with van der Waals surface area (Å²) in [7, 11) is -3.60. The summed E-state index contributed by atoms with van der Waals surface area (Å²) in [6.45, 7) is 0.650. The molecular weight excluding hydrogens is 379 g/mol. The van der Waals surface area contributed by atoms with Crippen LogP contribution in [-0.4, -0.2) is 38.4 Å². The predicted octanol–water partition coefficient (Wildman–Crippen LogP) is 3.06. The van der Waals surface area contributed by atoms with Gasteiger partial charge in [-0.1, -0.05) is 35.9 Å². The highest BCUT2D eigenvalue weighted by molar-refractivity contribution is 7.89. The molecule has 1 fully saturated rings. The van der Waals surface area contributed by atoms with E-state index in [2.05, 4.69) is 4.72 Å². The van der Waals surface area contributed by atoms with E-state index in [-0.39, 0.29) is 21.5 Å². The second-order valence-corrected chi connectivity index (χ2v) is 8.22. The summed E-state index contributed by atoms with van der Waals surface area (Å²) >= 11 is 5.95. The molecule has 138 valence electrons. The molecule has 2 aromatic carbocycles. The number of halogens is 2. The van der Waals surface area contributed by atoms with Crippen molar-refractivity contribution >= 4 is 27.5 Å². The standard InChI is InChI=1S/C18H18ClFN2O3S/c19-15-7-4-8-16(20)17(15)18(23)22-11-9-13(10-12-22)21-26(24,25)14-5-2-1-3-6-14/h1-8,13,21H,9-12H2. The van der Waals surface area contributed by atoms with E-state index in [0.29, 0.717) is 25.9 Å². The van der Waals surface area contributed by atoms with E-state index >= 15 is 0 Å². The van der Waals surface area contributed by atoms with Gasteiger partial charge in [0.1, 0.15) is 5.82 Å². The number of rotatable bonds is 4. The summed E-state index contributed by atoms with van der Waals surface area (Å²) in [5, 5.41) is 0.0712. The molecule has 0 aromatic heterocycles. The fourth-order valence-corrected chi connectivity index (χ4v) is 4.52. The van der Waals surface area contributed by atoms with Crippen molar-refractivity contribution in [2.45, 2.75) is 23.8 Å². The van der Waals surface area contributed by atoms with Crippen LogP contribution in [-0.2, 0) is 10.0 Å². The first-order chi connectivity index (χ1) is 12.4. The van der Waals surface area contributed by atoms with E-state index in [1.54, 1.807) is 18.2 Å². The molecule has 1 aliphatic heterocycles. The highest BCUT2D eigenvalue weighted by Gasteiger charge is 2.29. The second kappa shape index (κ2) is 7.73. The van der Waals surface area contributed by atoms with Gasteiger partial charge in [-0.25, -0.2) is 17.5 Å². The van der Waals surface area contributed by atoms with Gasteiger partial charge in [0.15, 0.2) is 0 Å². The maximum absolute atomic E-state index is 13.9. The van der Waals surface area contributed by atoms with Crippen LogP contribution in [0.2, 0.25) is 5.02 Å². The number of piperidine rings is 1. The number of amides is 1. The molecule has 26 heavy (non-hydrogen) atoms. The lowest BCUT2D eigenvalue weighted by Crippen LogP contribution is -2.46. The number of benzene rings is 2. The van der Waals surface area contributed by atoms with Crippen molar-refractivity contribution < 1.29 is 17.6 Å². The number of carbonyl (C=O) groups is 1. The topological polar surface area (TPSA) is 66.5 Å². The smallest absolute Gasteiger partial charge is 0.258 e. The monoisotopic (exact) mass is 396 g/mol. The lowest BCUT2D eigenvalue weighted by atomic mass is 10.0. The van der Waals surface area contributed by atoms with Crippen LogP contribution < -0.4 is 4.72 Å². The summed E-state index contributed by atoms with van der Waals surface area (Å²) in [6.07, 6.45) is 0.897. The van der Waals surface area contributed by atoms with Gasteiger partial charge in [0.05, 0.1) is 15.5 Å². The highest BCUT2D eigenvalue weighted by Crippen LogP contribution is 2.23. The van der Waals surface area contributed by atoms with Gasteiger partial charge in [-0.15, -0.1) is 0 Å². The van der Waals surface area contributed by atoms with E-state index in [4.69, 9.17) is 11.6 Å². The van der Waals surface area contributed by atoms with E-state index in [1.807, 2.05) is 0 Å². The van der Waals surface area contributed by atoms with Gasteiger partial charge >= 0.3 is 0 Å². The van der Waals surface area contributed by atoms with Crippen molar-refractivity contribution in [1.82, 2.24) is 9.62 Å². The minimum absolute atomic E-state index is 0.0712. The molecule has 1 N–H and O–H groups in total. The lowest BCUT2D eigenvalue weighted by Gasteiger charge is -2.32. The van der Waals surface area contributed by atoms with Crippen LogP contribution in [0.1, 0.15) is 23.2 Å². The van der Waals surface area contributed by atoms with E-state index < -0.39 is 21.7 Å². The molecule has 5 nitrogen and oxygen atoms in total. The number of nitrogens with zero attached hydrogens (tertiary/aromatic N) is 1. The van der Waals surface area contributed by atoms with E-state index in [0.717, 1.165) is 0 Å². The number of carbonyl (C=O) groups excluding carboxylic acids is 1. The largest absolute Gasteiger partial charge is 0.338 e. The Morgan fingerprint density at radius 2 is 1.73 bits per heavy atom. The summed E-state index contributed by atoms with van der Waals surface area (Å²) in [5.74, 6) is -1.13. The Labute approximate surface area is 156 Å². The Balaban J connectivity index is 1.64. The molecule has 0 radical (unpaired) electrons. The Morgan fingerprint density at radius 3 is 2.35 bits per heavy atom. The van der Waals surface area contributed by atoms with Crippen molar-refractivity contribution in [2.75, 3.05) is 13.1 Å². The zero-order chi connectivity index (χ0) is 18.7. The van der Waals surface area contributed by atoms with Crippen LogP contribution in [0.3, 0.4) is 0 Å². The molecule has 0 bridgehead atoms. The highest BCUT2D eigenvalue weighted by atomic mass is 35.5. The fourth-order valence-electron chi connectivity index (χ4n) is 2.95. The summed E-state index contributed by atoms with van der Waals surface area (Å²) in [5.41, 5.74) is -0.141. The fraction of sp³-hybridized carbons (Fsp3) is 0.278. The Hall–Kier alpha value is -1.96. The first-order valence-corrected chi connectivity index (χ1v) is 10.1. The zero-order valence-corrected chi connectivity index (χ0v) is 15.4.